The van der Waals surface area contributed by atoms with E-state index in [-0.39, 0.29) is 0 Å². The van der Waals surface area contributed by atoms with Gasteiger partial charge in [0, 0.05) is 34.4 Å². The molecule has 0 atom stereocenters. The quantitative estimate of drug-likeness (QED) is 0.540. The van der Waals surface area contributed by atoms with Crippen molar-refractivity contribution >= 4 is 43.2 Å². The van der Waals surface area contributed by atoms with Crippen molar-refractivity contribution in [2.45, 2.75) is 4.90 Å². The molecule has 0 unspecified atom stereocenters. The molecule has 0 radical (unpaired) electrons. The first-order valence-corrected chi connectivity index (χ1v) is 11.1. The van der Waals surface area contributed by atoms with Crippen molar-refractivity contribution in [3.05, 3.63) is 88.8 Å². The van der Waals surface area contributed by atoms with Crippen molar-refractivity contribution in [1.82, 2.24) is 5.32 Å². The Morgan fingerprint density at radius 3 is 1.89 bits per heavy atom. The van der Waals surface area contributed by atoms with E-state index in [9.17, 15) is 8.42 Å². The smallest absolute Gasteiger partial charge is 0.176 e. The van der Waals surface area contributed by atoms with E-state index < -0.39 is 9.84 Å². The van der Waals surface area contributed by atoms with Crippen molar-refractivity contribution in [2.75, 3.05) is 12.8 Å². The Kier molecular flexibility index (Phi) is 3.78. The first-order chi connectivity index (χ1) is 13.6. The van der Waals surface area contributed by atoms with Crippen molar-refractivity contribution in [3.8, 4) is 0 Å². The van der Waals surface area contributed by atoms with Crippen LogP contribution in [0.2, 0.25) is 0 Å². The van der Waals surface area contributed by atoms with Crippen LogP contribution in [0.4, 0.5) is 0 Å². The number of hydrogen-bond donors (Lipinski definition) is 1. The molecule has 4 heteroatoms. The lowest BCUT2D eigenvalue weighted by Gasteiger charge is -2.20. The minimum Gasteiger partial charge on any atom is -0.381 e. The van der Waals surface area contributed by atoms with E-state index in [0.717, 1.165) is 44.6 Å². The maximum atomic E-state index is 12.7. The predicted molar refractivity (Wildman–Crippen MR) is 115 cm³/mol. The molecule has 138 valence electrons. The molecule has 4 aromatic carbocycles. The number of fused-ring (bicyclic) bond motifs is 3. The van der Waals surface area contributed by atoms with Gasteiger partial charge in [-0.25, -0.2) is 8.42 Å². The van der Waals surface area contributed by atoms with Gasteiger partial charge in [0.25, 0.3) is 0 Å². The zero-order valence-electron chi connectivity index (χ0n) is 15.4. The average molecular weight is 385 g/mol. The molecule has 0 saturated carbocycles. The van der Waals surface area contributed by atoms with Gasteiger partial charge < -0.3 is 5.32 Å². The molecule has 1 heterocycles. The highest BCUT2D eigenvalue weighted by Crippen LogP contribution is 2.37. The normalized spacial score (nSPS) is 13.8. The Bertz CT molecular complexity index is 1430. The fourth-order valence-corrected chi connectivity index (χ4v) is 5.40. The summed E-state index contributed by atoms with van der Waals surface area (Å²) in [6.45, 7) is 0.739. The lowest BCUT2D eigenvalue weighted by molar-refractivity contribution is 0.603. The molecular weight excluding hydrogens is 366 g/mol. The molecule has 0 saturated heterocycles. The van der Waals surface area contributed by atoms with E-state index in [0.29, 0.717) is 4.90 Å². The van der Waals surface area contributed by atoms with Crippen molar-refractivity contribution in [2.24, 2.45) is 0 Å². The first kappa shape index (κ1) is 17.0. The Labute approximate surface area is 163 Å². The molecule has 0 bridgehead atoms. The van der Waals surface area contributed by atoms with E-state index in [2.05, 4.69) is 23.5 Å². The number of rotatable bonds is 2. The van der Waals surface area contributed by atoms with Crippen molar-refractivity contribution in [3.63, 3.8) is 0 Å². The van der Waals surface area contributed by atoms with Crippen LogP contribution in [0.1, 0.15) is 5.56 Å². The van der Waals surface area contributed by atoms with Gasteiger partial charge in [-0.3, -0.25) is 0 Å². The fourth-order valence-electron chi connectivity index (χ4n) is 4.24. The topological polar surface area (TPSA) is 46.2 Å². The maximum Gasteiger partial charge on any atom is 0.176 e. The Morgan fingerprint density at radius 2 is 1.29 bits per heavy atom. The second-order valence-electron chi connectivity index (χ2n) is 7.11. The molecule has 28 heavy (non-hydrogen) atoms. The number of nitrogens with one attached hydrogen (secondary N) is 1. The molecule has 4 aromatic rings. The minimum absolute atomic E-state index is 0.402. The van der Waals surface area contributed by atoms with Gasteiger partial charge in [0.15, 0.2) is 9.84 Å². The van der Waals surface area contributed by atoms with Crippen LogP contribution < -0.4 is 15.8 Å². The SMILES string of the molecule is CS(=O)(=O)c1c2ccccc2c(C2=c3ccccc3=CCN2)c2ccccc12. The maximum absolute atomic E-state index is 12.7. The van der Waals surface area contributed by atoms with Gasteiger partial charge >= 0.3 is 0 Å². The molecule has 0 aromatic heterocycles. The van der Waals surface area contributed by atoms with E-state index in [1.807, 2.05) is 60.7 Å². The molecule has 0 spiro atoms. The minimum atomic E-state index is -3.40. The molecule has 5 rings (SSSR count). The van der Waals surface area contributed by atoms with Gasteiger partial charge in [0.2, 0.25) is 0 Å². The average Bonchev–Trinajstić information content (AvgIpc) is 2.70. The number of sulfone groups is 1. The lowest BCUT2D eigenvalue weighted by atomic mass is 9.92. The third-order valence-corrected chi connectivity index (χ3v) is 6.52. The van der Waals surface area contributed by atoms with Crippen LogP contribution in [0.15, 0.2) is 77.7 Å². The molecule has 3 nitrogen and oxygen atoms in total. The standard InChI is InChI=1S/C24H19NO2S/c1-28(26,27)24-20-12-6-4-10-18(20)22(19-11-5-7-13-21(19)24)23-17-9-3-2-8-16(17)14-15-25-23/h2-14,25H,15H2,1H3. The highest BCUT2D eigenvalue weighted by molar-refractivity contribution is 7.91. The van der Waals surface area contributed by atoms with Crippen LogP contribution in [0.3, 0.4) is 0 Å². The van der Waals surface area contributed by atoms with Gasteiger partial charge in [0.05, 0.1) is 10.6 Å². The lowest BCUT2D eigenvalue weighted by Crippen LogP contribution is -2.37. The Hall–Kier alpha value is -3.11. The van der Waals surface area contributed by atoms with Gasteiger partial charge in [-0.15, -0.1) is 0 Å². The van der Waals surface area contributed by atoms with Crippen molar-refractivity contribution in [1.29, 1.82) is 0 Å². The molecule has 0 fully saturated rings. The van der Waals surface area contributed by atoms with Crippen LogP contribution in [0.25, 0.3) is 33.3 Å². The Balaban J connectivity index is 2.10. The largest absolute Gasteiger partial charge is 0.381 e. The fraction of sp³-hybridized carbons (Fsp3) is 0.0833. The van der Waals surface area contributed by atoms with Gasteiger partial charge in [-0.2, -0.15) is 0 Å². The molecule has 1 aliphatic rings. The molecule has 1 N–H and O–H groups in total. The Morgan fingerprint density at radius 1 is 0.750 bits per heavy atom. The summed E-state index contributed by atoms with van der Waals surface area (Å²) >= 11 is 0. The van der Waals surface area contributed by atoms with E-state index >= 15 is 0 Å². The van der Waals surface area contributed by atoms with Gasteiger partial charge in [-0.1, -0.05) is 78.9 Å². The summed E-state index contributed by atoms with van der Waals surface area (Å²) in [5, 5.41) is 9.29. The summed E-state index contributed by atoms with van der Waals surface area (Å²) in [4.78, 5) is 0.402. The second-order valence-corrected chi connectivity index (χ2v) is 9.07. The summed E-state index contributed by atoms with van der Waals surface area (Å²) in [6.07, 6.45) is 3.46. The highest BCUT2D eigenvalue weighted by atomic mass is 32.2. The monoisotopic (exact) mass is 385 g/mol. The van der Waals surface area contributed by atoms with Crippen LogP contribution in [-0.4, -0.2) is 21.2 Å². The first-order valence-electron chi connectivity index (χ1n) is 9.23. The predicted octanol–water partition coefficient (Wildman–Crippen LogP) is 2.94. The second kappa shape index (κ2) is 6.21. The van der Waals surface area contributed by atoms with E-state index in [4.69, 9.17) is 0 Å². The summed E-state index contributed by atoms with van der Waals surface area (Å²) in [5.41, 5.74) is 2.10. The van der Waals surface area contributed by atoms with Crippen LogP contribution >= 0.6 is 0 Å². The van der Waals surface area contributed by atoms with Crippen LogP contribution in [0.5, 0.6) is 0 Å². The van der Waals surface area contributed by atoms with Crippen molar-refractivity contribution < 1.29 is 8.42 Å². The summed E-state index contributed by atoms with van der Waals surface area (Å²) < 4.78 is 25.4. The zero-order chi connectivity index (χ0) is 19.3. The van der Waals surface area contributed by atoms with E-state index in [1.165, 1.54) is 11.5 Å². The molecule has 1 aliphatic heterocycles. The highest BCUT2D eigenvalue weighted by Gasteiger charge is 2.22. The summed E-state index contributed by atoms with van der Waals surface area (Å²) in [5.74, 6) is 0. The summed E-state index contributed by atoms with van der Waals surface area (Å²) in [6, 6.07) is 23.9. The van der Waals surface area contributed by atoms with E-state index in [1.54, 1.807) is 0 Å². The number of hydrogen-bond acceptors (Lipinski definition) is 3. The third kappa shape index (κ3) is 2.53. The third-order valence-electron chi connectivity index (χ3n) is 5.33. The van der Waals surface area contributed by atoms with Gasteiger partial charge in [-0.05, 0) is 16.0 Å². The zero-order valence-corrected chi connectivity index (χ0v) is 16.3. The van der Waals surface area contributed by atoms with Crippen LogP contribution in [-0.2, 0) is 9.84 Å². The molecular formula is C24H19NO2S. The molecule has 0 amide bonds. The van der Waals surface area contributed by atoms with Crippen LogP contribution in [0, 0.1) is 0 Å². The molecule has 0 aliphatic carbocycles. The number of benzene rings is 4. The summed E-state index contributed by atoms with van der Waals surface area (Å²) in [7, 11) is -3.40. The van der Waals surface area contributed by atoms with Gasteiger partial charge in [0.1, 0.15) is 0 Å².